The lowest BCUT2D eigenvalue weighted by Gasteiger charge is -2.37. The number of anilines is 2. The smallest absolute Gasteiger partial charge is 0.0713 e. The average molecular weight is 938 g/mol. The minimum absolute atomic E-state index is 0.298. The highest BCUT2D eigenvalue weighted by Gasteiger charge is 2.48. The number of benzene rings is 10. The van der Waals surface area contributed by atoms with Gasteiger partial charge in [-0.3, -0.25) is 0 Å². The van der Waals surface area contributed by atoms with Gasteiger partial charge in [-0.15, -0.1) is 0 Å². The van der Waals surface area contributed by atoms with Crippen LogP contribution in [0, 0.1) is 0 Å². The van der Waals surface area contributed by atoms with Crippen molar-refractivity contribution >= 4 is 22.1 Å². The summed E-state index contributed by atoms with van der Waals surface area (Å²) in [6.45, 7) is 2.45. The fourth-order valence-electron chi connectivity index (χ4n) is 13.1. The van der Waals surface area contributed by atoms with Gasteiger partial charge in [-0.05, 0) is 121 Å². The highest BCUT2D eigenvalue weighted by molar-refractivity contribution is 6.03. The van der Waals surface area contributed by atoms with Crippen LogP contribution in [0.1, 0.15) is 84.7 Å². The lowest BCUT2D eigenvalue weighted by molar-refractivity contribution is 0.445. The number of fused-ring (bicyclic) bond motifs is 4. The second kappa shape index (κ2) is 18.7. The van der Waals surface area contributed by atoms with Gasteiger partial charge >= 0.3 is 0 Å². The van der Waals surface area contributed by atoms with E-state index in [2.05, 4.69) is 273 Å². The van der Waals surface area contributed by atoms with Crippen molar-refractivity contribution in [3.63, 3.8) is 0 Å². The first-order chi connectivity index (χ1) is 36.1. The van der Waals surface area contributed by atoms with Crippen LogP contribution in [0.15, 0.2) is 267 Å². The maximum absolute atomic E-state index is 2.56. The number of hydrogen-bond acceptors (Lipinski definition) is 1. The molecule has 0 saturated heterocycles. The Labute approximate surface area is 431 Å². The zero-order valence-electron chi connectivity index (χ0n) is 41.6. The second-order valence-corrected chi connectivity index (χ2v) is 20.7. The summed E-state index contributed by atoms with van der Waals surface area (Å²) in [5.41, 5.74) is 20.9. The molecule has 13 rings (SSSR count). The van der Waals surface area contributed by atoms with E-state index in [-0.39, 0.29) is 5.41 Å². The number of allylic oxidation sites excluding steroid dienone is 3. The van der Waals surface area contributed by atoms with E-state index in [4.69, 9.17) is 0 Å². The molecule has 0 aliphatic heterocycles. The molecule has 10 aromatic carbocycles. The Morgan fingerprint density at radius 3 is 1.62 bits per heavy atom. The van der Waals surface area contributed by atoms with Crippen molar-refractivity contribution in [1.82, 2.24) is 0 Å². The molecule has 352 valence electrons. The van der Waals surface area contributed by atoms with Gasteiger partial charge in [0.25, 0.3) is 0 Å². The van der Waals surface area contributed by atoms with Crippen LogP contribution in [0.3, 0.4) is 0 Å². The molecule has 0 heterocycles. The molecule has 3 aliphatic carbocycles. The first kappa shape index (κ1) is 44.7. The molecule has 0 bridgehead atoms. The Bertz CT molecular complexity index is 3640. The third kappa shape index (κ3) is 7.61. The molecular weight excluding hydrogens is 879 g/mol. The van der Waals surface area contributed by atoms with Gasteiger partial charge in [-0.1, -0.05) is 269 Å². The van der Waals surface area contributed by atoms with Gasteiger partial charge in [0.2, 0.25) is 0 Å². The molecule has 10 aromatic rings. The fourth-order valence-corrected chi connectivity index (χ4v) is 13.1. The molecule has 1 fully saturated rings. The van der Waals surface area contributed by atoms with E-state index >= 15 is 0 Å². The van der Waals surface area contributed by atoms with Crippen molar-refractivity contribution in [2.45, 2.75) is 62.2 Å². The van der Waals surface area contributed by atoms with Crippen LogP contribution in [-0.2, 0) is 10.8 Å². The largest absolute Gasteiger partial charge is 0.310 e. The number of hydrogen-bond donors (Lipinski definition) is 0. The van der Waals surface area contributed by atoms with Gasteiger partial charge in [-0.25, -0.2) is 0 Å². The highest BCUT2D eigenvalue weighted by Crippen LogP contribution is 2.59. The average Bonchev–Trinajstić information content (AvgIpc) is 3.78. The van der Waals surface area contributed by atoms with E-state index < -0.39 is 5.41 Å². The molecule has 1 saturated carbocycles. The summed E-state index contributed by atoms with van der Waals surface area (Å²) >= 11 is 0. The Balaban J connectivity index is 0.975. The van der Waals surface area contributed by atoms with Crippen LogP contribution in [-0.4, -0.2) is 0 Å². The summed E-state index contributed by atoms with van der Waals surface area (Å²) in [6.07, 6.45) is 14.7. The van der Waals surface area contributed by atoms with Gasteiger partial charge in [0.15, 0.2) is 0 Å². The Kier molecular flexibility index (Phi) is 11.5. The molecule has 1 unspecified atom stereocenters. The zero-order valence-corrected chi connectivity index (χ0v) is 41.6. The van der Waals surface area contributed by atoms with Crippen molar-refractivity contribution in [3.8, 4) is 44.5 Å². The summed E-state index contributed by atoms with van der Waals surface area (Å²) in [7, 11) is 0. The van der Waals surface area contributed by atoms with Crippen LogP contribution < -0.4 is 4.90 Å². The van der Waals surface area contributed by atoms with E-state index in [1.54, 1.807) is 0 Å². The van der Waals surface area contributed by atoms with Crippen LogP contribution in [0.25, 0.3) is 55.3 Å². The Morgan fingerprint density at radius 2 is 0.932 bits per heavy atom. The number of nitrogens with zero attached hydrogens (tertiary/aromatic N) is 1. The molecule has 0 N–H and O–H groups in total. The van der Waals surface area contributed by atoms with Gasteiger partial charge in [0.05, 0.1) is 16.8 Å². The fraction of sp³-hybridized carbons (Fsp3) is 0.139. The van der Waals surface area contributed by atoms with Crippen molar-refractivity contribution in [3.05, 3.63) is 300 Å². The van der Waals surface area contributed by atoms with Crippen LogP contribution in [0.5, 0.6) is 0 Å². The molecule has 0 radical (unpaired) electrons. The summed E-state index contributed by atoms with van der Waals surface area (Å²) < 4.78 is 0. The van der Waals surface area contributed by atoms with Crippen molar-refractivity contribution < 1.29 is 0 Å². The highest BCUT2D eigenvalue weighted by atomic mass is 15.2. The Morgan fingerprint density at radius 1 is 0.411 bits per heavy atom. The van der Waals surface area contributed by atoms with Gasteiger partial charge < -0.3 is 4.90 Å². The first-order valence-corrected chi connectivity index (χ1v) is 26.5. The van der Waals surface area contributed by atoms with E-state index in [1.807, 2.05) is 0 Å². The summed E-state index contributed by atoms with van der Waals surface area (Å²) in [5.74, 6) is 0.569. The SMILES string of the molecule is CC1(c2cccc3c2-c2ccccc2C3(c2ccccc2)c2ccccc2)C=CC(N(c2ccccc2-c2ccc(-c3ccccc3)cc2)c2ccccc2-c2cccc3cccc(C4CCCCC4)c23)=CC1. The number of rotatable bonds is 10. The van der Waals surface area contributed by atoms with E-state index in [0.29, 0.717) is 5.92 Å². The van der Waals surface area contributed by atoms with E-state index in [1.165, 1.54) is 132 Å². The topological polar surface area (TPSA) is 3.24 Å². The van der Waals surface area contributed by atoms with Crippen LogP contribution >= 0.6 is 0 Å². The minimum Gasteiger partial charge on any atom is -0.310 e. The predicted octanol–water partition coefficient (Wildman–Crippen LogP) is 19.2. The second-order valence-electron chi connectivity index (χ2n) is 20.7. The lowest BCUT2D eigenvalue weighted by Crippen LogP contribution is -2.29. The lowest BCUT2D eigenvalue weighted by atomic mass is 9.67. The van der Waals surface area contributed by atoms with Crippen LogP contribution in [0.4, 0.5) is 11.4 Å². The predicted molar refractivity (Wildman–Crippen MR) is 308 cm³/mol. The van der Waals surface area contributed by atoms with Gasteiger partial charge in [0.1, 0.15) is 0 Å². The molecule has 1 heteroatoms. The third-order valence-electron chi connectivity index (χ3n) is 16.6. The molecule has 0 aromatic heterocycles. The third-order valence-corrected chi connectivity index (χ3v) is 16.6. The molecule has 1 atom stereocenters. The summed E-state index contributed by atoms with van der Waals surface area (Å²) in [4.78, 5) is 2.56. The molecule has 3 aliphatic rings. The van der Waals surface area contributed by atoms with Gasteiger partial charge in [0, 0.05) is 22.2 Å². The van der Waals surface area contributed by atoms with Crippen molar-refractivity contribution in [2.24, 2.45) is 0 Å². The van der Waals surface area contributed by atoms with E-state index in [0.717, 1.165) is 12.1 Å². The molecular formula is C72H59N. The number of para-hydroxylation sites is 2. The standard InChI is InChI=1S/C72H59N/c1-71(65-39-22-40-66-70(65)63-35-14-17-38-64(63)72(66,56-29-10-4-11-30-56)57-31-12-5-13-32-57)49-47-58(48-50-71)73(67-41-18-15-33-59(67)54-45-43-52(44-46-54)51-23-6-2-7-24-51)68-42-19-16-34-61(68)62-37-21-28-55-27-20-36-60(69(55)62)53-25-8-3-9-26-53/h2,4-7,10-24,27-49,53H,3,8-9,25-26,50H2,1H3. The molecule has 73 heavy (non-hydrogen) atoms. The maximum Gasteiger partial charge on any atom is 0.0713 e. The van der Waals surface area contributed by atoms with E-state index in [9.17, 15) is 0 Å². The van der Waals surface area contributed by atoms with Crippen molar-refractivity contribution in [1.29, 1.82) is 0 Å². The molecule has 0 amide bonds. The maximum atomic E-state index is 2.56. The molecule has 0 spiro atoms. The summed E-state index contributed by atoms with van der Waals surface area (Å²) in [6, 6.07) is 90.6. The van der Waals surface area contributed by atoms with Crippen molar-refractivity contribution in [2.75, 3.05) is 4.90 Å². The quantitative estimate of drug-likeness (QED) is 0.132. The van der Waals surface area contributed by atoms with Gasteiger partial charge in [-0.2, -0.15) is 0 Å². The summed E-state index contributed by atoms with van der Waals surface area (Å²) in [5, 5.41) is 2.71. The molecule has 1 nitrogen and oxygen atoms in total. The monoisotopic (exact) mass is 937 g/mol. The Hall–Kier alpha value is -8.26. The minimum atomic E-state index is -0.456. The first-order valence-electron chi connectivity index (χ1n) is 26.5. The normalized spacial score (nSPS) is 16.9. The van der Waals surface area contributed by atoms with Crippen LogP contribution in [0.2, 0.25) is 0 Å². The zero-order chi connectivity index (χ0) is 48.8.